The van der Waals surface area contributed by atoms with E-state index in [9.17, 15) is 0 Å². The fourth-order valence-corrected chi connectivity index (χ4v) is 6.94. The zero-order valence-corrected chi connectivity index (χ0v) is 26.2. The highest BCUT2D eigenvalue weighted by molar-refractivity contribution is 5.97. The van der Waals surface area contributed by atoms with Gasteiger partial charge in [0.05, 0.1) is 5.41 Å². The molecule has 0 spiro atoms. The summed E-state index contributed by atoms with van der Waals surface area (Å²) in [6, 6.07) is 59.6. The fraction of sp³-hybridized carbons (Fsp3) is 0.0233. The first-order valence-electron chi connectivity index (χ1n) is 15.9. The van der Waals surface area contributed by atoms with Gasteiger partial charge >= 0.3 is 0 Å². The predicted octanol–water partition coefficient (Wildman–Crippen LogP) is 9.68. The highest BCUT2D eigenvalue weighted by Crippen LogP contribution is 2.60. The van der Waals surface area contributed by atoms with E-state index in [1.165, 1.54) is 27.5 Å². The van der Waals surface area contributed by atoms with E-state index in [2.05, 4.69) is 121 Å². The van der Waals surface area contributed by atoms with Crippen molar-refractivity contribution in [2.24, 2.45) is 0 Å². The third-order valence-electron chi connectivity index (χ3n) is 8.99. The van der Waals surface area contributed by atoms with Crippen molar-refractivity contribution in [1.82, 2.24) is 0 Å². The summed E-state index contributed by atoms with van der Waals surface area (Å²) in [6.07, 6.45) is 0. The lowest BCUT2D eigenvalue weighted by atomic mass is 9.66. The first-order valence-corrected chi connectivity index (χ1v) is 15.9. The van der Waals surface area contributed by atoms with Crippen molar-refractivity contribution in [1.29, 1.82) is 0 Å². The van der Waals surface area contributed by atoms with Gasteiger partial charge in [0.15, 0.2) is 11.5 Å². The molecular weight excluding hydrogens is 590 g/mol. The maximum absolute atomic E-state index is 6.59. The Morgan fingerprint density at radius 2 is 0.917 bits per heavy atom. The fourth-order valence-electron chi connectivity index (χ4n) is 6.94. The SMILES string of the molecule is Nc1ccc(ON(Oc2ccc(N)cc2)c2ccc3c(c2-c2ccccc2)C(c2ccccc2)(c2ccccc2)c2ccccc2-3)cc1. The van der Waals surface area contributed by atoms with E-state index in [1.54, 1.807) is 0 Å². The molecule has 48 heavy (non-hydrogen) atoms. The molecule has 0 heterocycles. The molecule has 232 valence electrons. The van der Waals surface area contributed by atoms with Gasteiger partial charge in [0, 0.05) is 16.9 Å². The van der Waals surface area contributed by atoms with Gasteiger partial charge in [0.2, 0.25) is 0 Å². The third kappa shape index (κ3) is 4.89. The third-order valence-corrected chi connectivity index (χ3v) is 8.99. The van der Waals surface area contributed by atoms with E-state index >= 15 is 0 Å². The molecule has 5 heteroatoms. The van der Waals surface area contributed by atoms with Crippen molar-refractivity contribution in [3.8, 4) is 33.8 Å². The average Bonchev–Trinajstić information content (AvgIpc) is 3.45. The van der Waals surface area contributed by atoms with Gasteiger partial charge in [-0.25, -0.2) is 0 Å². The zero-order valence-electron chi connectivity index (χ0n) is 26.2. The molecule has 8 rings (SSSR count). The number of nitrogens with two attached hydrogens (primary N) is 2. The molecular formula is C43H33N3O2. The Balaban J connectivity index is 1.47. The summed E-state index contributed by atoms with van der Waals surface area (Å²) >= 11 is 0. The smallest absolute Gasteiger partial charge is 0.159 e. The Labute approximate surface area is 280 Å². The lowest BCUT2D eigenvalue weighted by Crippen LogP contribution is -2.33. The molecule has 0 saturated heterocycles. The number of hydrogen-bond acceptors (Lipinski definition) is 5. The molecule has 0 aromatic heterocycles. The quantitative estimate of drug-likeness (QED) is 0.130. The van der Waals surface area contributed by atoms with E-state index < -0.39 is 5.41 Å². The van der Waals surface area contributed by atoms with E-state index in [0.717, 1.165) is 27.9 Å². The van der Waals surface area contributed by atoms with Gasteiger partial charge in [-0.3, -0.25) is 0 Å². The van der Waals surface area contributed by atoms with E-state index in [1.807, 2.05) is 54.6 Å². The van der Waals surface area contributed by atoms with Gasteiger partial charge in [-0.2, -0.15) is 0 Å². The Morgan fingerprint density at radius 1 is 0.438 bits per heavy atom. The second-order valence-corrected chi connectivity index (χ2v) is 11.9. The van der Waals surface area contributed by atoms with Crippen LogP contribution in [0.3, 0.4) is 0 Å². The molecule has 5 nitrogen and oxygen atoms in total. The molecule has 7 aromatic carbocycles. The van der Waals surface area contributed by atoms with Crippen molar-refractivity contribution in [3.63, 3.8) is 0 Å². The Bertz CT molecular complexity index is 2100. The zero-order chi connectivity index (χ0) is 32.5. The van der Waals surface area contributed by atoms with Crippen LogP contribution in [-0.4, -0.2) is 0 Å². The van der Waals surface area contributed by atoms with Crippen LogP contribution in [0, 0.1) is 0 Å². The molecule has 0 fully saturated rings. The number of anilines is 3. The lowest BCUT2D eigenvalue weighted by molar-refractivity contribution is 0.0732. The van der Waals surface area contributed by atoms with Crippen molar-refractivity contribution >= 4 is 17.1 Å². The normalized spacial score (nSPS) is 12.5. The van der Waals surface area contributed by atoms with E-state index in [4.69, 9.17) is 21.1 Å². The van der Waals surface area contributed by atoms with Crippen molar-refractivity contribution in [2.75, 3.05) is 16.7 Å². The molecule has 0 saturated carbocycles. The highest BCUT2D eigenvalue weighted by atomic mass is 16.9. The molecule has 4 N–H and O–H groups in total. The van der Waals surface area contributed by atoms with Crippen LogP contribution in [0.15, 0.2) is 176 Å². The Morgan fingerprint density at radius 3 is 1.46 bits per heavy atom. The van der Waals surface area contributed by atoms with Gasteiger partial charge in [-0.15, -0.1) is 0 Å². The minimum atomic E-state index is -0.649. The summed E-state index contributed by atoms with van der Waals surface area (Å²) in [6.45, 7) is 0. The van der Waals surface area contributed by atoms with Gasteiger partial charge in [-0.05, 0) is 98.8 Å². The summed E-state index contributed by atoms with van der Waals surface area (Å²) in [5.41, 5.74) is 22.5. The standard InChI is InChI=1S/C43H33N3O2/c44-33-20-24-35(25-21-33)47-46(48-36-26-22-34(45)23-27-36)40-29-28-38-37-18-10-11-19-39(37)43(31-14-6-2-7-15-31,32-16-8-3-9-17-32)42(38)41(40)30-12-4-1-5-13-30/h1-29H,44-45H2. The Hall–Kier alpha value is -6.46. The molecule has 0 bridgehead atoms. The van der Waals surface area contributed by atoms with Crippen LogP contribution in [-0.2, 0) is 5.41 Å². The van der Waals surface area contributed by atoms with Gasteiger partial charge in [0.25, 0.3) is 0 Å². The van der Waals surface area contributed by atoms with Crippen molar-refractivity contribution in [3.05, 3.63) is 198 Å². The summed E-state index contributed by atoms with van der Waals surface area (Å²) in [5.74, 6) is 1.14. The summed E-state index contributed by atoms with van der Waals surface area (Å²) in [5, 5.41) is 1.50. The van der Waals surface area contributed by atoms with Crippen molar-refractivity contribution in [2.45, 2.75) is 5.41 Å². The van der Waals surface area contributed by atoms with Crippen LogP contribution in [0.4, 0.5) is 17.1 Å². The molecule has 0 atom stereocenters. The number of fused-ring (bicyclic) bond motifs is 3. The average molecular weight is 624 g/mol. The summed E-state index contributed by atoms with van der Waals surface area (Å²) in [4.78, 5) is 13.2. The van der Waals surface area contributed by atoms with E-state index in [-0.39, 0.29) is 0 Å². The molecule has 0 amide bonds. The predicted molar refractivity (Wildman–Crippen MR) is 195 cm³/mol. The van der Waals surface area contributed by atoms with Crippen LogP contribution in [0.25, 0.3) is 22.3 Å². The highest BCUT2D eigenvalue weighted by Gasteiger charge is 2.48. The van der Waals surface area contributed by atoms with Crippen molar-refractivity contribution < 1.29 is 9.68 Å². The molecule has 0 unspecified atom stereocenters. The number of nitrogens with zero attached hydrogens (tertiary/aromatic N) is 1. The second kappa shape index (κ2) is 12.0. The summed E-state index contributed by atoms with van der Waals surface area (Å²) in [7, 11) is 0. The van der Waals surface area contributed by atoms with Gasteiger partial charge < -0.3 is 21.1 Å². The first kappa shape index (κ1) is 29.0. The van der Waals surface area contributed by atoms with E-state index in [0.29, 0.717) is 22.9 Å². The maximum atomic E-state index is 6.59. The molecule has 0 radical (unpaired) electrons. The number of rotatable bonds is 8. The maximum Gasteiger partial charge on any atom is 0.159 e. The molecule has 1 aliphatic carbocycles. The first-order chi connectivity index (χ1) is 23.6. The molecule has 7 aromatic rings. The van der Waals surface area contributed by atoms with Crippen LogP contribution in [0.2, 0.25) is 0 Å². The van der Waals surface area contributed by atoms with Crippen LogP contribution in [0.5, 0.6) is 11.5 Å². The van der Waals surface area contributed by atoms with Gasteiger partial charge in [-0.1, -0.05) is 121 Å². The van der Waals surface area contributed by atoms with Crippen LogP contribution >= 0.6 is 0 Å². The topological polar surface area (TPSA) is 73.7 Å². The second-order valence-electron chi connectivity index (χ2n) is 11.9. The number of nitrogen functional groups attached to an aromatic ring is 2. The number of benzene rings is 7. The minimum absolute atomic E-state index is 0.569. The lowest BCUT2D eigenvalue weighted by Gasteiger charge is -2.36. The summed E-state index contributed by atoms with van der Waals surface area (Å²) < 4.78 is 0. The van der Waals surface area contributed by atoms with Crippen LogP contribution < -0.4 is 26.4 Å². The largest absolute Gasteiger partial charge is 0.399 e. The minimum Gasteiger partial charge on any atom is -0.399 e. The van der Waals surface area contributed by atoms with Gasteiger partial charge in [0.1, 0.15) is 5.69 Å². The monoisotopic (exact) mass is 623 g/mol. The van der Waals surface area contributed by atoms with Crippen LogP contribution in [0.1, 0.15) is 22.3 Å². The molecule has 0 aliphatic heterocycles. The molecule has 1 aliphatic rings. The Kier molecular flexibility index (Phi) is 7.27. The number of hydrogen-bond donors (Lipinski definition) is 2.